The van der Waals surface area contributed by atoms with Crippen molar-refractivity contribution in [3.8, 4) is 5.88 Å². The van der Waals surface area contributed by atoms with E-state index in [1.165, 1.54) is 12.7 Å². The van der Waals surface area contributed by atoms with Crippen molar-refractivity contribution in [1.29, 1.82) is 0 Å². The summed E-state index contributed by atoms with van der Waals surface area (Å²) in [6, 6.07) is 0. The lowest BCUT2D eigenvalue weighted by atomic mass is 9.82. The Morgan fingerprint density at radius 2 is 1.82 bits per heavy atom. The fourth-order valence-corrected chi connectivity index (χ4v) is 2.78. The van der Waals surface area contributed by atoms with Gasteiger partial charge in [0.05, 0.1) is 0 Å². The highest BCUT2D eigenvalue weighted by Gasteiger charge is 2.26. The van der Waals surface area contributed by atoms with Gasteiger partial charge in [-0.25, -0.2) is 9.97 Å². The minimum Gasteiger partial charge on any atom is -0.474 e. The lowest BCUT2D eigenvalue weighted by Gasteiger charge is -2.31. The molecule has 1 heterocycles. The maximum atomic E-state index is 5.97. The molecule has 1 aromatic heterocycles. The molecule has 0 bridgehead atoms. The van der Waals surface area contributed by atoms with E-state index >= 15 is 0 Å². The van der Waals surface area contributed by atoms with Crippen molar-refractivity contribution < 1.29 is 4.74 Å². The Hall–Kier alpha value is -0.830. The summed E-state index contributed by atoms with van der Waals surface area (Å²) >= 11 is 5.96. The zero-order chi connectivity index (χ0) is 12.4. The predicted molar refractivity (Wildman–Crippen MR) is 68.4 cm³/mol. The van der Waals surface area contributed by atoms with E-state index in [4.69, 9.17) is 16.3 Å². The van der Waals surface area contributed by atoms with Crippen LogP contribution in [0.3, 0.4) is 0 Å². The number of hydrogen-bond acceptors (Lipinski definition) is 3. The molecule has 0 amide bonds. The lowest BCUT2D eigenvalue weighted by Crippen LogP contribution is -2.29. The van der Waals surface area contributed by atoms with Crippen LogP contribution < -0.4 is 4.74 Å². The maximum Gasteiger partial charge on any atom is 0.221 e. The number of nitrogens with zero attached hydrogens (tertiary/aromatic N) is 2. The fraction of sp³-hybridized carbons (Fsp3) is 0.692. The third-order valence-corrected chi connectivity index (χ3v) is 3.77. The average Bonchev–Trinajstić information content (AvgIpc) is 2.23. The number of hydrogen-bond donors (Lipinski definition) is 0. The summed E-state index contributed by atoms with van der Waals surface area (Å²) in [5, 5.41) is 0.479. The zero-order valence-electron chi connectivity index (χ0n) is 10.6. The highest BCUT2D eigenvalue weighted by molar-refractivity contribution is 6.30. The second kappa shape index (κ2) is 5.21. The van der Waals surface area contributed by atoms with Crippen LogP contribution in [0.25, 0.3) is 0 Å². The molecule has 1 saturated carbocycles. The Morgan fingerprint density at radius 1 is 1.18 bits per heavy atom. The van der Waals surface area contributed by atoms with Crippen LogP contribution in [0.15, 0.2) is 6.33 Å². The molecule has 17 heavy (non-hydrogen) atoms. The fourth-order valence-electron chi connectivity index (χ4n) is 2.66. The molecule has 2 atom stereocenters. The molecule has 1 fully saturated rings. The van der Waals surface area contributed by atoms with Gasteiger partial charge in [0.2, 0.25) is 5.88 Å². The first kappa shape index (κ1) is 12.6. The summed E-state index contributed by atoms with van der Waals surface area (Å²) in [7, 11) is 0. The Kier molecular flexibility index (Phi) is 3.87. The summed E-state index contributed by atoms with van der Waals surface area (Å²) in [5.74, 6) is 2.08. The Balaban J connectivity index is 2.07. The molecule has 1 aliphatic rings. The van der Waals surface area contributed by atoms with Crippen molar-refractivity contribution in [2.24, 2.45) is 11.8 Å². The van der Waals surface area contributed by atoms with Gasteiger partial charge in [0.15, 0.2) is 0 Å². The van der Waals surface area contributed by atoms with Crippen LogP contribution in [0.2, 0.25) is 5.15 Å². The summed E-state index contributed by atoms with van der Waals surface area (Å²) in [4.78, 5) is 8.10. The first-order valence-electron chi connectivity index (χ1n) is 6.20. The van der Waals surface area contributed by atoms with Crippen molar-refractivity contribution in [2.75, 3.05) is 0 Å². The van der Waals surface area contributed by atoms with Crippen LogP contribution in [0.1, 0.15) is 38.7 Å². The van der Waals surface area contributed by atoms with Gasteiger partial charge < -0.3 is 4.74 Å². The van der Waals surface area contributed by atoms with Crippen LogP contribution in [-0.4, -0.2) is 16.1 Å². The molecule has 94 valence electrons. The third-order valence-electron chi connectivity index (χ3n) is 3.39. The van der Waals surface area contributed by atoms with E-state index in [-0.39, 0.29) is 6.10 Å². The standard InChI is InChI=1S/C13H19ClN2O/c1-8-4-9(2)6-11(5-8)17-13-10(3)12(14)15-7-16-13/h7-9,11H,4-6H2,1-3H3. The molecule has 0 saturated heterocycles. The van der Waals surface area contributed by atoms with Gasteiger partial charge in [-0.2, -0.15) is 0 Å². The third kappa shape index (κ3) is 3.09. The van der Waals surface area contributed by atoms with E-state index in [2.05, 4.69) is 23.8 Å². The molecule has 2 rings (SSSR count). The highest BCUT2D eigenvalue weighted by atomic mass is 35.5. The summed E-state index contributed by atoms with van der Waals surface area (Å²) < 4.78 is 5.97. The van der Waals surface area contributed by atoms with Gasteiger partial charge in [0, 0.05) is 5.56 Å². The number of aromatic nitrogens is 2. The molecule has 0 spiro atoms. The molecule has 0 aromatic carbocycles. The molecule has 0 aliphatic heterocycles. The average molecular weight is 255 g/mol. The number of halogens is 1. The van der Waals surface area contributed by atoms with Crippen molar-refractivity contribution in [1.82, 2.24) is 9.97 Å². The highest BCUT2D eigenvalue weighted by Crippen LogP contribution is 2.32. The molecule has 4 heteroatoms. The minimum atomic E-state index is 0.262. The van der Waals surface area contributed by atoms with Crippen LogP contribution >= 0.6 is 11.6 Å². The van der Waals surface area contributed by atoms with Crippen LogP contribution in [-0.2, 0) is 0 Å². The van der Waals surface area contributed by atoms with Crippen LogP contribution in [0.4, 0.5) is 0 Å². The summed E-state index contributed by atoms with van der Waals surface area (Å²) in [6.45, 7) is 6.46. The lowest BCUT2D eigenvalue weighted by molar-refractivity contribution is 0.0958. The van der Waals surface area contributed by atoms with Crippen molar-refractivity contribution in [3.63, 3.8) is 0 Å². The SMILES string of the molecule is Cc1c(Cl)ncnc1OC1CC(C)CC(C)C1. The van der Waals surface area contributed by atoms with E-state index in [1.54, 1.807) is 0 Å². The minimum absolute atomic E-state index is 0.262. The normalized spacial score (nSPS) is 29.1. The molecule has 2 unspecified atom stereocenters. The molecular formula is C13H19ClN2O. The molecule has 1 aliphatic carbocycles. The van der Waals surface area contributed by atoms with Crippen molar-refractivity contribution in [2.45, 2.75) is 46.1 Å². The Labute approximate surface area is 108 Å². The Morgan fingerprint density at radius 3 is 2.47 bits per heavy atom. The van der Waals surface area contributed by atoms with E-state index in [0.29, 0.717) is 11.0 Å². The van der Waals surface area contributed by atoms with Crippen molar-refractivity contribution >= 4 is 11.6 Å². The predicted octanol–water partition coefficient (Wildman–Crippen LogP) is 3.64. The van der Waals surface area contributed by atoms with Gasteiger partial charge >= 0.3 is 0 Å². The van der Waals surface area contributed by atoms with Gasteiger partial charge in [0.25, 0.3) is 0 Å². The van der Waals surface area contributed by atoms with Crippen LogP contribution in [0, 0.1) is 18.8 Å². The van der Waals surface area contributed by atoms with Gasteiger partial charge in [-0.05, 0) is 38.0 Å². The van der Waals surface area contributed by atoms with E-state index < -0.39 is 0 Å². The van der Waals surface area contributed by atoms with Gasteiger partial charge in [-0.1, -0.05) is 25.4 Å². The molecule has 0 N–H and O–H groups in total. The first-order chi connectivity index (χ1) is 8.06. The smallest absolute Gasteiger partial charge is 0.221 e. The number of ether oxygens (including phenoxy) is 1. The largest absolute Gasteiger partial charge is 0.474 e. The number of rotatable bonds is 2. The quantitative estimate of drug-likeness (QED) is 0.756. The Bertz CT molecular complexity index is 387. The van der Waals surface area contributed by atoms with E-state index in [0.717, 1.165) is 30.2 Å². The molecular weight excluding hydrogens is 236 g/mol. The second-order valence-electron chi connectivity index (χ2n) is 5.25. The second-order valence-corrected chi connectivity index (χ2v) is 5.61. The van der Waals surface area contributed by atoms with Crippen molar-refractivity contribution in [3.05, 3.63) is 17.0 Å². The monoisotopic (exact) mass is 254 g/mol. The van der Waals surface area contributed by atoms with Gasteiger partial charge in [0.1, 0.15) is 17.6 Å². The van der Waals surface area contributed by atoms with E-state index in [1.807, 2.05) is 6.92 Å². The topological polar surface area (TPSA) is 35.0 Å². The van der Waals surface area contributed by atoms with Gasteiger partial charge in [-0.15, -0.1) is 0 Å². The van der Waals surface area contributed by atoms with Crippen LogP contribution in [0.5, 0.6) is 5.88 Å². The summed E-state index contributed by atoms with van der Waals surface area (Å²) in [5.41, 5.74) is 0.833. The molecule has 0 radical (unpaired) electrons. The first-order valence-corrected chi connectivity index (χ1v) is 6.57. The molecule has 1 aromatic rings. The van der Waals surface area contributed by atoms with E-state index in [9.17, 15) is 0 Å². The zero-order valence-corrected chi connectivity index (χ0v) is 11.4. The van der Waals surface area contributed by atoms with Gasteiger partial charge in [-0.3, -0.25) is 0 Å². The summed E-state index contributed by atoms with van der Waals surface area (Å²) in [6.07, 6.45) is 5.22. The molecule has 3 nitrogen and oxygen atoms in total. The maximum absolute atomic E-state index is 5.97.